The lowest BCUT2D eigenvalue weighted by molar-refractivity contribution is 0.626. The first kappa shape index (κ1) is 14.8. The third-order valence-corrected chi connectivity index (χ3v) is 4.14. The Morgan fingerprint density at radius 1 is 1.27 bits per heavy atom. The van der Waals surface area contributed by atoms with Crippen LogP contribution in [0.5, 0.6) is 0 Å². The lowest BCUT2D eigenvalue weighted by Crippen LogP contribution is -2.22. The molecule has 0 atom stereocenters. The molecule has 4 nitrogen and oxygen atoms in total. The van der Waals surface area contributed by atoms with Crippen LogP contribution in [0.3, 0.4) is 0 Å². The zero-order chi connectivity index (χ0) is 16.0. The van der Waals surface area contributed by atoms with Crippen LogP contribution in [0.1, 0.15) is 16.8 Å². The summed E-state index contributed by atoms with van der Waals surface area (Å²) in [6.45, 7) is 4.08. The Morgan fingerprint density at radius 3 is 2.68 bits per heavy atom. The van der Waals surface area contributed by atoms with Gasteiger partial charge in [0.05, 0.1) is 12.2 Å². The van der Waals surface area contributed by atoms with E-state index in [1.807, 2.05) is 13.8 Å². The Balaban J connectivity index is 2.25. The van der Waals surface area contributed by atoms with E-state index in [-0.39, 0.29) is 12.1 Å². The largest absolute Gasteiger partial charge is 0.288 e. The van der Waals surface area contributed by atoms with Crippen molar-refractivity contribution in [3.05, 3.63) is 62.3 Å². The minimum atomic E-state index is -0.397. The van der Waals surface area contributed by atoms with E-state index in [0.29, 0.717) is 10.6 Å². The van der Waals surface area contributed by atoms with E-state index in [2.05, 4.69) is 5.10 Å². The van der Waals surface area contributed by atoms with Crippen LogP contribution in [-0.2, 0) is 13.6 Å². The van der Waals surface area contributed by atoms with Gasteiger partial charge in [0.15, 0.2) is 0 Å². The molecule has 0 bridgehead atoms. The SMILES string of the molecule is Cc1cc(=O)n(Cc2ccc(F)cc2Cl)c2c1c(C)nn2C. The fourth-order valence-electron chi connectivity index (χ4n) is 2.83. The monoisotopic (exact) mass is 319 g/mol. The molecule has 2 heterocycles. The van der Waals surface area contributed by atoms with E-state index in [1.165, 1.54) is 12.1 Å². The van der Waals surface area contributed by atoms with Gasteiger partial charge in [0.25, 0.3) is 5.56 Å². The molecule has 0 aliphatic rings. The molecule has 0 spiro atoms. The minimum Gasteiger partial charge on any atom is -0.288 e. The number of nitrogens with zero attached hydrogens (tertiary/aromatic N) is 3. The Hall–Kier alpha value is -2.14. The summed E-state index contributed by atoms with van der Waals surface area (Å²) in [5.74, 6) is -0.397. The number of hydrogen-bond acceptors (Lipinski definition) is 2. The van der Waals surface area contributed by atoms with E-state index in [4.69, 9.17) is 11.6 Å². The topological polar surface area (TPSA) is 39.8 Å². The summed E-state index contributed by atoms with van der Waals surface area (Å²) >= 11 is 6.08. The second-order valence-electron chi connectivity index (χ2n) is 5.40. The molecular weight excluding hydrogens is 305 g/mol. The van der Waals surface area contributed by atoms with Crippen molar-refractivity contribution in [1.82, 2.24) is 14.3 Å². The molecule has 114 valence electrons. The third kappa shape index (κ3) is 2.31. The Kier molecular flexibility index (Phi) is 3.53. The van der Waals surface area contributed by atoms with Crippen LogP contribution < -0.4 is 5.56 Å². The first-order valence-electron chi connectivity index (χ1n) is 6.86. The highest BCUT2D eigenvalue weighted by atomic mass is 35.5. The zero-order valence-electron chi connectivity index (χ0n) is 12.5. The molecule has 0 saturated carbocycles. The van der Waals surface area contributed by atoms with Crippen LogP contribution in [0.25, 0.3) is 11.0 Å². The highest BCUT2D eigenvalue weighted by Crippen LogP contribution is 2.23. The summed E-state index contributed by atoms with van der Waals surface area (Å²) in [7, 11) is 1.80. The Bertz CT molecular complexity index is 943. The van der Waals surface area contributed by atoms with E-state index in [9.17, 15) is 9.18 Å². The summed E-state index contributed by atoms with van der Waals surface area (Å²) in [5.41, 5.74) is 3.06. The summed E-state index contributed by atoms with van der Waals surface area (Å²) in [6.07, 6.45) is 0. The minimum absolute atomic E-state index is 0.131. The maximum atomic E-state index is 13.2. The molecule has 0 aliphatic carbocycles. The number of aromatic nitrogens is 3. The lowest BCUT2D eigenvalue weighted by Gasteiger charge is -2.11. The molecule has 0 radical (unpaired) electrons. The summed E-state index contributed by atoms with van der Waals surface area (Å²) in [6, 6.07) is 5.78. The summed E-state index contributed by atoms with van der Waals surface area (Å²) < 4.78 is 16.5. The molecule has 1 aromatic carbocycles. The zero-order valence-corrected chi connectivity index (χ0v) is 13.3. The smallest absolute Gasteiger partial charge is 0.252 e. The predicted octanol–water partition coefficient (Wildman–Crippen LogP) is 3.19. The predicted molar refractivity (Wildman–Crippen MR) is 85.0 cm³/mol. The van der Waals surface area contributed by atoms with Crippen molar-refractivity contribution in [3.8, 4) is 0 Å². The molecular formula is C16H15ClFN3O. The van der Waals surface area contributed by atoms with E-state index in [1.54, 1.807) is 28.4 Å². The van der Waals surface area contributed by atoms with Crippen molar-refractivity contribution in [2.75, 3.05) is 0 Å². The van der Waals surface area contributed by atoms with Gasteiger partial charge in [-0.15, -0.1) is 0 Å². The number of hydrogen-bond donors (Lipinski definition) is 0. The second kappa shape index (κ2) is 5.25. The molecule has 0 N–H and O–H groups in total. The van der Waals surface area contributed by atoms with Gasteiger partial charge in [0.2, 0.25) is 0 Å². The van der Waals surface area contributed by atoms with E-state index in [0.717, 1.165) is 22.3 Å². The standard InChI is InChI=1S/C16H15ClFN3O/c1-9-6-14(22)21(16-15(9)10(2)19-20(16)3)8-11-4-5-12(18)7-13(11)17/h4-7H,8H2,1-3H3. The van der Waals surface area contributed by atoms with Crippen molar-refractivity contribution in [1.29, 1.82) is 0 Å². The third-order valence-electron chi connectivity index (χ3n) is 3.79. The van der Waals surface area contributed by atoms with Gasteiger partial charge in [0, 0.05) is 23.5 Å². The highest BCUT2D eigenvalue weighted by Gasteiger charge is 2.15. The average Bonchev–Trinajstić information content (AvgIpc) is 2.72. The van der Waals surface area contributed by atoms with Crippen LogP contribution in [0.2, 0.25) is 5.02 Å². The second-order valence-corrected chi connectivity index (χ2v) is 5.80. The van der Waals surface area contributed by atoms with Gasteiger partial charge in [-0.25, -0.2) is 4.39 Å². The maximum absolute atomic E-state index is 13.2. The van der Waals surface area contributed by atoms with Gasteiger partial charge in [-0.2, -0.15) is 5.10 Å². The van der Waals surface area contributed by atoms with E-state index >= 15 is 0 Å². The first-order valence-corrected chi connectivity index (χ1v) is 7.24. The number of aryl methyl sites for hydroxylation is 3. The van der Waals surface area contributed by atoms with Gasteiger partial charge in [0.1, 0.15) is 11.5 Å². The number of pyridine rings is 1. The molecule has 0 saturated heterocycles. The number of fused-ring (bicyclic) bond motifs is 1. The molecule has 0 amide bonds. The van der Waals surface area contributed by atoms with Crippen molar-refractivity contribution in [2.45, 2.75) is 20.4 Å². The molecule has 6 heteroatoms. The van der Waals surface area contributed by atoms with Crippen molar-refractivity contribution >= 4 is 22.6 Å². The first-order chi connectivity index (χ1) is 10.4. The number of benzene rings is 1. The van der Waals surface area contributed by atoms with Gasteiger partial charge < -0.3 is 0 Å². The lowest BCUT2D eigenvalue weighted by atomic mass is 10.1. The van der Waals surface area contributed by atoms with Crippen LogP contribution in [0.15, 0.2) is 29.1 Å². The molecule has 3 aromatic rings. The van der Waals surface area contributed by atoms with Crippen molar-refractivity contribution in [3.63, 3.8) is 0 Å². The Morgan fingerprint density at radius 2 is 2.00 bits per heavy atom. The van der Waals surface area contributed by atoms with Crippen molar-refractivity contribution in [2.24, 2.45) is 7.05 Å². The quantitative estimate of drug-likeness (QED) is 0.727. The van der Waals surface area contributed by atoms with Crippen molar-refractivity contribution < 1.29 is 4.39 Å². The summed E-state index contributed by atoms with van der Waals surface area (Å²) in [5, 5.41) is 5.66. The molecule has 2 aromatic heterocycles. The summed E-state index contributed by atoms with van der Waals surface area (Å²) in [4.78, 5) is 12.4. The fraction of sp³-hybridized carbons (Fsp3) is 0.250. The normalized spacial score (nSPS) is 11.3. The highest BCUT2D eigenvalue weighted by molar-refractivity contribution is 6.31. The van der Waals surface area contributed by atoms with Gasteiger partial charge in [-0.05, 0) is 37.1 Å². The molecule has 0 fully saturated rings. The average molecular weight is 320 g/mol. The van der Waals surface area contributed by atoms with E-state index < -0.39 is 5.82 Å². The van der Waals surface area contributed by atoms with Gasteiger partial charge in [-0.1, -0.05) is 17.7 Å². The molecule has 22 heavy (non-hydrogen) atoms. The van der Waals surface area contributed by atoms with Crippen LogP contribution in [-0.4, -0.2) is 14.3 Å². The Labute approximate surface area is 131 Å². The van der Waals surface area contributed by atoms with Gasteiger partial charge in [-0.3, -0.25) is 14.0 Å². The number of rotatable bonds is 2. The molecule has 0 unspecified atom stereocenters. The van der Waals surface area contributed by atoms with Gasteiger partial charge >= 0.3 is 0 Å². The van der Waals surface area contributed by atoms with Crippen LogP contribution in [0.4, 0.5) is 4.39 Å². The number of halogens is 2. The molecule has 3 rings (SSSR count). The van der Waals surface area contributed by atoms with Crippen LogP contribution >= 0.6 is 11.6 Å². The van der Waals surface area contributed by atoms with Crippen LogP contribution in [0, 0.1) is 19.7 Å². The maximum Gasteiger partial charge on any atom is 0.252 e. The molecule has 0 aliphatic heterocycles. The fourth-order valence-corrected chi connectivity index (χ4v) is 3.06.